The van der Waals surface area contributed by atoms with Crippen molar-refractivity contribution in [2.45, 2.75) is 58.5 Å². The Morgan fingerprint density at radius 3 is 2.32 bits per heavy atom. The van der Waals surface area contributed by atoms with Crippen molar-refractivity contribution in [1.29, 1.82) is 0 Å². The molecule has 3 unspecified atom stereocenters. The zero-order valence-electron chi connectivity index (χ0n) is 11.9. The van der Waals surface area contributed by atoms with Crippen molar-refractivity contribution in [2.75, 3.05) is 0 Å². The Labute approximate surface area is 113 Å². The van der Waals surface area contributed by atoms with Crippen molar-refractivity contribution in [3.8, 4) is 0 Å². The Bertz CT molecular complexity index is 382. The summed E-state index contributed by atoms with van der Waals surface area (Å²) in [5.41, 5.74) is -0.643. The van der Waals surface area contributed by atoms with Crippen molar-refractivity contribution in [2.24, 2.45) is 17.8 Å². The Kier molecular flexibility index (Phi) is 3.79. The molecule has 0 amide bonds. The van der Waals surface area contributed by atoms with Gasteiger partial charge >= 0.3 is 5.97 Å². The number of ether oxygens (including phenoxy) is 1. The molecular formula is C15H22O4. The van der Waals surface area contributed by atoms with Crippen LogP contribution in [-0.4, -0.2) is 23.1 Å². The van der Waals surface area contributed by atoms with Crippen molar-refractivity contribution < 1.29 is 19.1 Å². The van der Waals surface area contributed by atoms with Gasteiger partial charge < -0.3 is 4.74 Å². The maximum absolute atomic E-state index is 12.2. The highest BCUT2D eigenvalue weighted by molar-refractivity contribution is 6.18. The predicted molar refractivity (Wildman–Crippen MR) is 69.4 cm³/mol. The number of ketones is 2. The van der Waals surface area contributed by atoms with Crippen LogP contribution < -0.4 is 0 Å². The van der Waals surface area contributed by atoms with E-state index >= 15 is 0 Å². The van der Waals surface area contributed by atoms with Crippen molar-refractivity contribution >= 4 is 17.5 Å². The molecule has 1 heterocycles. The van der Waals surface area contributed by atoms with Crippen LogP contribution in [0.4, 0.5) is 0 Å². The average molecular weight is 266 g/mol. The minimum atomic E-state index is -1.16. The van der Waals surface area contributed by atoms with Crippen LogP contribution in [0.2, 0.25) is 0 Å². The molecule has 2 fully saturated rings. The molecule has 4 nitrogen and oxygen atoms in total. The third-order valence-electron chi connectivity index (χ3n) is 4.29. The van der Waals surface area contributed by atoms with Crippen LogP contribution in [-0.2, 0) is 19.1 Å². The van der Waals surface area contributed by atoms with E-state index < -0.39 is 17.5 Å². The SMILES string of the molecule is CCC(=O)C1C(=O)CC2(CC(C)CC(C)C2)OC1=O. The molecule has 0 N–H and O–H groups in total. The molecule has 0 radical (unpaired) electrons. The highest BCUT2D eigenvalue weighted by Gasteiger charge is 2.51. The van der Waals surface area contributed by atoms with E-state index in [-0.39, 0.29) is 24.4 Å². The maximum atomic E-state index is 12.2. The van der Waals surface area contributed by atoms with E-state index in [9.17, 15) is 14.4 Å². The van der Waals surface area contributed by atoms with Crippen LogP contribution in [0.1, 0.15) is 52.9 Å². The summed E-state index contributed by atoms with van der Waals surface area (Å²) in [6.45, 7) is 5.91. The van der Waals surface area contributed by atoms with E-state index in [4.69, 9.17) is 4.74 Å². The van der Waals surface area contributed by atoms with E-state index in [0.717, 1.165) is 19.3 Å². The van der Waals surface area contributed by atoms with Gasteiger partial charge in [-0.1, -0.05) is 20.8 Å². The van der Waals surface area contributed by atoms with Gasteiger partial charge in [-0.25, -0.2) is 0 Å². The van der Waals surface area contributed by atoms with Gasteiger partial charge in [-0.2, -0.15) is 0 Å². The zero-order valence-corrected chi connectivity index (χ0v) is 11.9. The lowest BCUT2D eigenvalue weighted by Gasteiger charge is -2.45. The quantitative estimate of drug-likeness (QED) is 0.568. The maximum Gasteiger partial charge on any atom is 0.324 e. The van der Waals surface area contributed by atoms with Crippen LogP contribution in [0.15, 0.2) is 0 Å². The first-order chi connectivity index (χ1) is 8.87. The molecule has 0 aromatic rings. The Morgan fingerprint density at radius 1 is 1.26 bits per heavy atom. The molecule has 3 atom stereocenters. The summed E-state index contributed by atoms with van der Waals surface area (Å²) in [4.78, 5) is 35.9. The number of Topliss-reactive ketones (excluding diaryl/α,β-unsaturated/α-hetero) is 2. The number of carbonyl (C=O) groups is 3. The monoisotopic (exact) mass is 266 g/mol. The van der Waals surface area contributed by atoms with Gasteiger partial charge in [0.05, 0.1) is 0 Å². The fraction of sp³-hybridized carbons (Fsp3) is 0.800. The predicted octanol–water partition coefficient (Wildman–Crippen LogP) is 2.29. The summed E-state index contributed by atoms with van der Waals surface area (Å²) >= 11 is 0. The molecular weight excluding hydrogens is 244 g/mol. The molecule has 1 saturated heterocycles. The zero-order chi connectivity index (χ0) is 14.2. The largest absolute Gasteiger partial charge is 0.458 e. The first-order valence-corrected chi connectivity index (χ1v) is 7.15. The standard InChI is InChI=1S/C15H22O4/c1-4-11(16)13-12(17)8-15(19-14(13)18)6-9(2)5-10(3)7-15/h9-10,13H,4-8H2,1-3H3. The van der Waals surface area contributed by atoms with Crippen LogP contribution in [0.25, 0.3) is 0 Å². The van der Waals surface area contributed by atoms with E-state index in [0.29, 0.717) is 11.8 Å². The smallest absolute Gasteiger partial charge is 0.324 e. The van der Waals surface area contributed by atoms with Gasteiger partial charge in [-0.3, -0.25) is 14.4 Å². The summed E-state index contributed by atoms with van der Waals surface area (Å²) in [6, 6.07) is 0. The second kappa shape index (κ2) is 5.06. The summed E-state index contributed by atoms with van der Waals surface area (Å²) in [6.07, 6.45) is 2.99. The lowest BCUT2D eigenvalue weighted by molar-refractivity contribution is -0.185. The average Bonchev–Trinajstić information content (AvgIpc) is 2.25. The molecule has 19 heavy (non-hydrogen) atoms. The Balaban J connectivity index is 2.19. The third kappa shape index (κ3) is 2.72. The summed E-state index contributed by atoms with van der Waals surface area (Å²) in [5, 5.41) is 0. The minimum absolute atomic E-state index is 0.200. The molecule has 0 aromatic heterocycles. The van der Waals surface area contributed by atoms with Crippen LogP contribution >= 0.6 is 0 Å². The fourth-order valence-electron chi connectivity index (χ4n) is 3.81. The molecule has 1 saturated carbocycles. The molecule has 106 valence electrons. The molecule has 4 heteroatoms. The second-order valence-corrected chi connectivity index (χ2v) is 6.35. The Morgan fingerprint density at radius 2 is 1.84 bits per heavy atom. The number of carbonyl (C=O) groups excluding carboxylic acids is 3. The van der Waals surface area contributed by atoms with Gasteiger partial charge in [0.1, 0.15) is 5.60 Å². The van der Waals surface area contributed by atoms with E-state index in [1.165, 1.54) is 0 Å². The van der Waals surface area contributed by atoms with E-state index in [2.05, 4.69) is 13.8 Å². The first kappa shape index (κ1) is 14.2. The van der Waals surface area contributed by atoms with Crippen molar-refractivity contribution in [3.63, 3.8) is 0 Å². The summed E-state index contributed by atoms with van der Waals surface area (Å²) < 4.78 is 5.58. The topological polar surface area (TPSA) is 60.4 Å². The van der Waals surface area contributed by atoms with Crippen LogP contribution in [0.5, 0.6) is 0 Å². The summed E-state index contributed by atoms with van der Waals surface area (Å²) in [5.74, 6) is -1.45. The first-order valence-electron chi connectivity index (χ1n) is 7.15. The number of hydrogen-bond donors (Lipinski definition) is 0. The van der Waals surface area contributed by atoms with Gasteiger partial charge in [0.15, 0.2) is 17.5 Å². The third-order valence-corrected chi connectivity index (χ3v) is 4.29. The normalized spacial score (nSPS) is 39.2. The van der Waals surface area contributed by atoms with Crippen LogP contribution in [0.3, 0.4) is 0 Å². The molecule has 2 aliphatic rings. The number of esters is 1. The fourth-order valence-corrected chi connectivity index (χ4v) is 3.81. The summed E-state index contributed by atoms with van der Waals surface area (Å²) in [7, 11) is 0. The second-order valence-electron chi connectivity index (χ2n) is 6.35. The van der Waals surface area contributed by atoms with E-state index in [1.807, 2.05) is 0 Å². The van der Waals surface area contributed by atoms with Crippen LogP contribution in [0, 0.1) is 17.8 Å². The minimum Gasteiger partial charge on any atom is -0.458 e. The molecule has 1 aliphatic heterocycles. The molecule has 0 aromatic carbocycles. The van der Waals surface area contributed by atoms with Gasteiger partial charge in [0.2, 0.25) is 0 Å². The van der Waals surface area contributed by atoms with E-state index in [1.54, 1.807) is 6.92 Å². The van der Waals surface area contributed by atoms with Gasteiger partial charge in [-0.15, -0.1) is 0 Å². The lowest BCUT2D eigenvalue weighted by atomic mass is 9.69. The Hall–Kier alpha value is -1.19. The van der Waals surface area contributed by atoms with Gasteiger partial charge in [0, 0.05) is 12.8 Å². The highest BCUT2D eigenvalue weighted by atomic mass is 16.6. The number of rotatable bonds is 2. The lowest BCUT2D eigenvalue weighted by Crippen LogP contribution is -2.52. The molecule has 1 spiro atoms. The van der Waals surface area contributed by atoms with Gasteiger partial charge in [0.25, 0.3) is 0 Å². The highest BCUT2D eigenvalue weighted by Crippen LogP contribution is 2.43. The number of hydrogen-bond acceptors (Lipinski definition) is 4. The van der Waals surface area contributed by atoms with Crippen molar-refractivity contribution in [1.82, 2.24) is 0 Å². The molecule has 0 bridgehead atoms. The molecule has 1 aliphatic carbocycles. The molecule has 2 rings (SSSR count). The van der Waals surface area contributed by atoms with Gasteiger partial charge in [-0.05, 0) is 31.1 Å². The van der Waals surface area contributed by atoms with Crippen molar-refractivity contribution in [3.05, 3.63) is 0 Å².